The van der Waals surface area contributed by atoms with Crippen LogP contribution in [0.4, 0.5) is 11.5 Å². The molecule has 160 valence electrons. The molecule has 0 saturated carbocycles. The van der Waals surface area contributed by atoms with Crippen LogP contribution in [0.3, 0.4) is 0 Å². The maximum absolute atomic E-state index is 12.8. The number of amides is 1. The summed E-state index contributed by atoms with van der Waals surface area (Å²) in [6.45, 7) is 5.61. The van der Waals surface area contributed by atoms with E-state index >= 15 is 0 Å². The summed E-state index contributed by atoms with van der Waals surface area (Å²) in [7, 11) is 0. The van der Waals surface area contributed by atoms with Gasteiger partial charge in [0.25, 0.3) is 0 Å². The molecular weight excluding hydrogens is 386 g/mol. The summed E-state index contributed by atoms with van der Waals surface area (Å²) in [6.07, 6.45) is 6.22. The molecule has 0 unspecified atom stereocenters. The third kappa shape index (κ3) is 4.90. The van der Waals surface area contributed by atoms with E-state index in [0.717, 1.165) is 54.4 Å². The van der Waals surface area contributed by atoms with Crippen LogP contribution in [0.5, 0.6) is 0 Å². The van der Waals surface area contributed by atoms with Crippen molar-refractivity contribution in [2.75, 3.05) is 18.4 Å². The van der Waals surface area contributed by atoms with E-state index in [0.29, 0.717) is 6.54 Å². The van der Waals surface area contributed by atoms with Gasteiger partial charge in [0, 0.05) is 54.6 Å². The van der Waals surface area contributed by atoms with Crippen molar-refractivity contribution in [1.29, 1.82) is 0 Å². The molecule has 0 bridgehead atoms. The standard InChI is InChI=1S/C25H29N5O/c1-3-18(4-2)25(31)30-14-12-20(17-30)24-28-22(19-9-8-13-26-16-19)15-23(29-24)27-21-10-6-5-7-11-21/h5-11,13,15-16,18,20H,3-4,12,14,17H2,1-2H3,(H,27,28,29)/t20-/m0/s1. The SMILES string of the molecule is CCC(CC)C(=O)N1CC[C@H](c2nc(Nc3ccccc3)cc(-c3cccnc3)n2)C1. The summed E-state index contributed by atoms with van der Waals surface area (Å²) >= 11 is 0. The van der Waals surface area contributed by atoms with E-state index in [4.69, 9.17) is 9.97 Å². The Morgan fingerprint density at radius 1 is 1.13 bits per heavy atom. The molecule has 3 heterocycles. The van der Waals surface area contributed by atoms with Crippen molar-refractivity contribution in [3.05, 3.63) is 66.7 Å². The average Bonchev–Trinajstić information content (AvgIpc) is 3.31. The monoisotopic (exact) mass is 415 g/mol. The molecule has 1 atom stereocenters. The number of likely N-dealkylation sites (tertiary alicyclic amines) is 1. The van der Waals surface area contributed by atoms with Crippen LogP contribution in [0, 0.1) is 5.92 Å². The zero-order valence-corrected chi connectivity index (χ0v) is 18.2. The molecule has 1 saturated heterocycles. The number of benzene rings is 1. The van der Waals surface area contributed by atoms with E-state index in [1.165, 1.54) is 0 Å². The molecule has 31 heavy (non-hydrogen) atoms. The summed E-state index contributed by atoms with van der Waals surface area (Å²) in [5.41, 5.74) is 2.76. The van der Waals surface area contributed by atoms with Crippen LogP contribution >= 0.6 is 0 Å². The smallest absolute Gasteiger partial charge is 0.225 e. The van der Waals surface area contributed by atoms with Crippen molar-refractivity contribution in [3.8, 4) is 11.3 Å². The summed E-state index contributed by atoms with van der Waals surface area (Å²) in [5, 5.41) is 3.40. The summed E-state index contributed by atoms with van der Waals surface area (Å²) in [5.74, 6) is 2.03. The van der Waals surface area contributed by atoms with Gasteiger partial charge in [-0.05, 0) is 43.5 Å². The molecule has 1 amide bonds. The Kier molecular flexibility index (Phi) is 6.55. The van der Waals surface area contributed by atoms with Crippen molar-refractivity contribution in [2.45, 2.75) is 39.0 Å². The second kappa shape index (κ2) is 9.69. The highest BCUT2D eigenvalue weighted by molar-refractivity contribution is 5.79. The summed E-state index contributed by atoms with van der Waals surface area (Å²) in [4.78, 5) is 28.8. The normalized spacial score (nSPS) is 16.0. The highest BCUT2D eigenvalue weighted by atomic mass is 16.2. The van der Waals surface area contributed by atoms with Gasteiger partial charge in [0.1, 0.15) is 11.6 Å². The first-order valence-electron chi connectivity index (χ1n) is 11.1. The number of nitrogens with one attached hydrogen (secondary N) is 1. The van der Waals surface area contributed by atoms with Crippen molar-refractivity contribution in [2.24, 2.45) is 5.92 Å². The lowest BCUT2D eigenvalue weighted by molar-refractivity contribution is -0.134. The van der Waals surface area contributed by atoms with Gasteiger partial charge in [0.2, 0.25) is 5.91 Å². The number of carbonyl (C=O) groups is 1. The van der Waals surface area contributed by atoms with Crippen molar-refractivity contribution in [1.82, 2.24) is 19.9 Å². The number of anilines is 2. The molecule has 3 aromatic rings. The van der Waals surface area contributed by atoms with E-state index in [9.17, 15) is 4.79 Å². The van der Waals surface area contributed by atoms with E-state index < -0.39 is 0 Å². The third-order valence-electron chi connectivity index (χ3n) is 5.95. The fourth-order valence-electron chi connectivity index (χ4n) is 4.11. The second-order valence-electron chi connectivity index (χ2n) is 8.01. The van der Waals surface area contributed by atoms with Crippen LogP contribution in [0.2, 0.25) is 0 Å². The predicted octanol–water partition coefficient (Wildman–Crippen LogP) is 5.03. The van der Waals surface area contributed by atoms with Crippen LogP contribution in [-0.4, -0.2) is 38.8 Å². The van der Waals surface area contributed by atoms with Crippen LogP contribution < -0.4 is 5.32 Å². The van der Waals surface area contributed by atoms with Gasteiger partial charge in [-0.2, -0.15) is 0 Å². The fourth-order valence-corrected chi connectivity index (χ4v) is 4.11. The predicted molar refractivity (Wildman–Crippen MR) is 123 cm³/mol. The minimum atomic E-state index is 0.108. The van der Waals surface area contributed by atoms with Crippen LogP contribution in [-0.2, 0) is 4.79 Å². The van der Waals surface area contributed by atoms with Crippen LogP contribution in [0.1, 0.15) is 44.9 Å². The lowest BCUT2D eigenvalue weighted by Gasteiger charge is -2.21. The van der Waals surface area contributed by atoms with Gasteiger partial charge in [0.05, 0.1) is 5.69 Å². The van der Waals surface area contributed by atoms with Gasteiger partial charge in [0.15, 0.2) is 0 Å². The maximum atomic E-state index is 12.8. The molecule has 6 nitrogen and oxygen atoms in total. The molecule has 0 aliphatic carbocycles. The van der Waals surface area contributed by atoms with Gasteiger partial charge in [-0.1, -0.05) is 32.0 Å². The molecule has 1 N–H and O–H groups in total. The molecule has 2 aromatic heterocycles. The Bertz CT molecular complexity index is 1000. The summed E-state index contributed by atoms with van der Waals surface area (Å²) in [6, 6.07) is 15.9. The molecule has 6 heteroatoms. The second-order valence-corrected chi connectivity index (χ2v) is 8.01. The first-order valence-corrected chi connectivity index (χ1v) is 11.1. The number of rotatable bonds is 7. The minimum Gasteiger partial charge on any atom is -0.342 e. The largest absolute Gasteiger partial charge is 0.342 e. The molecule has 1 aliphatic heterocycles. The topological polar surface area (TPSA) is 71.0 Å². The van der Waals surface area contributed by atoms with E-state index in [1.54, 1.807) is 6.20 Å². The molecule has 0 spiro atoms. The minimum absolute atomic E-state index is 0.108. The number of nitrogens with zero attached hydrogens (tertiary/aromatic N) is 4. The maximum Gasteiger partial charge on any atom is 0.225 e. The number of aromatic nitrogens is 3. The van der Waals surface area contributed by atoms with Gasteiger partial charge in [-0.15, -0.1) is 0 Å². The molecular formula is C25H29N5O. The van der Waals surface area contributed by atoms with Gasteiger partial charge >= 0.3 is 0 Å². The lowest BCUT2D eigenvalue weighted by Crippen LogP contribution is -2.34. The van der Waals surface area contributed by atoms with Gasteiger partial charge in [-0.3, -0.25) is 9.78 Å². The molecule has 0 radical (unpaired) electrons. The summed E-state index contributed by atoms with van der Waals surface area (Å²) < 4.78 is 0. The van der Waals surface area contributed by atoms with Crippen LogP contribution in [0.25, 0.3) is 11.3 Å². The Balaban J connectivity index is 1.62. The van der Waals surface area contributed by atoms with Gasteiger partial charge < -0.3 is 10.2 Å². The first kappa shape index (κ1) is 21.0. The van der Waals surface area contributed by atoms with Crippen LogP contribution in [0.15, 0.2) is 60.9 Å². The van der Waals surface area contributed by atoms with E-state index in [1.807, 2.05) is 59.6 Å². The molecule has 1 aromatic carbocycles. The molecule has 1 fully saturated rings. The van der Waals surface area contributed by atoms with Gasteiger partial charge in [-0.25, -0.2) is 9.97 Å². The highest BCUT2D eigenvalue weighted by Crippen LogP contribution is 2.30. The number of pyridine rings is 1. The number of hydrogen-bond donors (Lipinski definition) is 1. The zero-order valence-electron chi connectivity index (χ0n) is 18.2. The number of hydrogen-bond acceptors (Lipinski definition) is 5. The van der Waals surface area contributed by atoms with Crippen molar-refractivity contribution < 1.29 is 4.79 Å². The zero-order chi connectivity index (χ0) is 21.6. The Morgan fingerprint density at radius 2 is 1.94 bits per heavy atom. The first-order chi connectivity index (χ1) is 15.2. The fraction of sp³-hybridized carbons (Fsp3) is 0.360. The van der Waals surface area contributed by atoms with E-state index in [2.05, 4.69) is 24.1 Å². The molecule has 1 aliphatic rings. The lowest BCUT2D eigenvalue weighted by atomic mass is 10.0. The number of carbonyl (C=O) groups excluding carboxylic acids is 1. The van der Waals surface area contributed by atoms with E-state index in [-0.39, 0.29) is 17.7 Å². The quantitative estimate of drug-likeness (QED) is 0.586. The Labute approximate surface area is 183 Å². The molecule has 4 rings (SSSR count). The average molecular weight is 416 g/mol. The highest BCUT2D eigenvalue weighted by Gasteiger charge is 2.32. The number of para-hydroxylation sites is 1. The van der Waals surface area contributed by atoms with Crippen molar-refractivity contribution >= 4 is 17.4 Å². The Morgan fingerprint density at radius 3 is 2.65 bits per heavy atom. The van der Waals surface area contributed by atoms with Crippen molar-refractivity contribution in [3.63, 3.8) is 0 Å². The Hall–Kier alpha value is -3.28. The third-order valence-corrected chi connectivity index (χ3v) is 5.95.